The molecule has 16 nitrogen and oxygen atoms in total. The Morgan fingerprint density at radius 1 is 0.737 bits per heavy atom. The van der Waals surface area contributed by atoms with E-state index in [4.69, 9.17) is 51.6 Å². The first-order valence-electron chi connectivity index (χ1n) is 17.9. The van der Waals surface area contributed by atoms with Gasteiger partial charge in [-0.15, -0.1) is 0 Å². The molecule has 2 saturated heterocycles. The third-order valence-corrected chi connectivity index (χ3v) is 12.7. The summed E-state index contributed by atoms with van der Waals surface area (Å²) in [5.74, 6) is -1.04. The van der Waals surface area contributed by atoms with Crippen LogP contribution in [0, 0.1) is 5.92 Å². The van der Waals surface area contributed by atoms with E-state index in [-0.39, 0.29) is 37.4 Å². The summed E-state index contributed by atoms with van der Waals surface area (Å²) in [6.45, 7) is 0.417. The highest BCUT2D eigenvalue weighted by Gasteiger charge is 2.56. The molecule has 0 radical (unpaired) electrons. The normalized spacial score (nSPS) is 23.5. The number of rotatable bonds is 20. The van der Waals surface area contributed by atoms with Gasteiger partial charge in [0.1, 0.15) is 53.2 Å². The molecule has 3 aromatic rings. The molecule has 2 fully saturated rings. The lowest BCUT2D eigenvalue weighted by atomic mass is 10.1. The third kappa shape index (κ3) is 12.5. The maximum absolute atomic E-state index is 12.7. The SMILES string of the molecule is COC(=O)C(C(=O)OC)C1OC[C@H](OS(=O)(=O)[O-])[C@@H](C[S+]2C[C@@H](OCc3ccc(OC)cc3)[C@H](OCc3ccc(OC)cc3)[C@H]2COCc2ccc(OC)cc2)O1. The number of benzene rings is 3. The largest absolute Gasteiger partial charge is 0.726 e. The Morgan fingerprint density at radius 3 is 1.70 bits per heavy atom. The van der Waals surface area contributed by atoms with Crippen LogP contribution in [0.3, 0.4) is 0 Å². The number of carbonyl (C=O) groups is 2. The molecule has 7 atom stereocenters. The summed E-state index contributed by atoms with van der Waals surface area (Å²) in [5.41, 5.74) is 2.68. The van der Waals surface area contributed by atoms with Crippen LogP contribution >= 0.6 is 0 Å². The van der Waals surface area contributed by atoms with Gasteiger partial charge in [0.2, 0.25) is 16.3 Å². The smallest absolute Gasteiger partial charge is 0.325 e. The molecule has 0 N–H and O–H groups in total. The zero-order valence-corrected chi connectivity index (χ0v) is 33.9. The van der Waals surface area contributed by atoms with Crippen LogP contribution in [0.25, 0.3) is 0 Å². The van der Waals surface area contributed by atoms with Crippen LogP contribution in [0.1, 0.15) is 16.7 Å². The van der Waals surface area contributed by atoms with Crippen molar-refractivity contribution in [3.05, 3.63) is 89.5 Å². The first-order valence-corrected chi connectivity index (χ1v) is 20.8. The highest BCUT2D eigenvalue weighted by molar-refractivity contribution is 7.97. The summed E-state index contributed by atoms with van der Waals surface area (Å²) in [5, 5.41) is -0.353. The lowest BCUT2D eigenvalue weighted by Crippen LogP contribution is -2.54. The molecule has 0 aliphatic carbocycles. The number of esters is 2. The summed E-state index contributed by atoms with van der Waals surface area (Å²) in [4.78, 5) is 25.4. The molecule has 0 bridgehead atoms. The fraction of sp³-hybridized carbons (Fsp3) is 0.487. The Labute approximate surface area is 335 Å². The first-order chi connectivity index (χ1) is 27.4. The van der Waals surface area contributed by atoms with Gasteiger partial charge in [-0.2, -0.15) is 0 Å². The maximum Gasteiger partial charge on any atom is 0.325 e. The van der Waals surface area contributed by atoms with Crippen molar-refractivity contribution in [1.29, 1.82) is 0 Å². The Balaban J connectivity index is 1.45. The van der Waals surface area contributed by atoms with Gasteiger partial charge >= 0.3 is 11.9 Å². The molecule has 0 saturated carbocycles. The molecule has 3 aromatic carbocycles. The van der Waals surface area contributed by atoms with Gasteiger partial charge < -0.3 is 51.9 Å². The number of methoxy groups -OCH3 is 5. The molecule has 57 heavy (non-hydrogen) atoms. The topological polar surface area (TPSA) is 193 Å². The Morgan fingerprint density at radius 2 is 1.23 bits per heavy atom. The molecule has 2 heterocycles. The molecule has 0 aromatic heterocycles. The second-order valence-corrected chi connectivity index (χ2v) is 16.4. The highest BCUT2D eigenvalue weighted by atomic mass is 32.3. The summed E-state index contributed by atoms with van der Waals surface area (Å²) < 4.78 is 97.5. The summed E-state index contributed by atoms with van der Waals surface area (Å²) >= 11 is 0. The van der Waals surface area contributed by atoms with Crippen molar-refractivity contribution in [2.24, 2.45) is 5.92 Å². The van der Waals surface area contributed by atoms with Gasteiger partial charge in [0.15, 0.2) is 11.5 Å². The molecule has 0 spiro atoms. The van der Waals surface area contributed by atoms with Crippen LogP contribution in [0.5, 0.6) is 17.2 Å². The van der Waals surface area contributed by atoms with E-state index in [1.807, 2.05) is 72.8 Å². The number of ether oxygens (including phenoxy) is 10. The minimum atomic E-state index is -5.23. The predicted octanol–water partition coefficient (Wildman–Crippen LogP) is 2.95. The maximum atomic E-state index is 12.7. The van der Waals surface area contributed by atoms with Crippen LogP contribution in [-0.2, 0) is 88.0 Å². The van der Waals surface area contributed by atoms with Gasteiger partial charge in [-0.1, -0.05) is 36.4 Å². The first kappa shape index (κ1) is 44.1. The van der Waals surface area contributed by atoms with E-state index in [1.54, 1.807) is 21.3 Å². The van der Waals surface area contributed by atoms with E-state index in [2.05, 4.69) is 0 Å². The van der Waals surface area contributed by atoms with Gasteiger partial charge in [0.25, 0.3) is 0 Å². The minimum Gasteiger partial charge on any atom is -0.726 e. The zero-order chi connectivity index (χ0) is 41.0. The molecule has 2 aliphatic heterocycles. The van der Waals surface area contributed by atoms with Crippen molar-refractivity contribution in [2.45, 2.75) is 55.8 Å². The number of hydrogen-bond donors (Lipinski definition) is 0. The van der Waals surface area contributed by atoms with Crippen molar-refractivity contribution in [3.8, 4) is 17.2 Å². The second-order valence-electron chi connectivity index (χ2n) is 13.0. The van der Waals surface area contributed by atoms with Crippen molar-refractivity contribution >= 4 is 33.2 Å². The number of carbonyl (C=O) groups excluding carboxylic acids is 2. The fourth-order valence-corrected chi connectivity index (χ4v) is 9.85. The molecule has 2 unspecified atom stereocenters. The molecule has 0 amide bonds. The van der Waals surface area contributed by atoms with E-state index >= 15 is 0 Å². The van der Waals surface area contributed by atoms with E-state index in [1.165, 1.54) is 0 Å². The molecule has 5 rings (SSSR count). The van der Waals surface area contributed by atoms with Crippen molar-refractivity contribution < 1.29 is 74.1 Å². The summed E-state index contributed by atoms with van der Waals surface area (Å²) in [7, 11) is 0.961. The van der Waals surface area contributed by atoms with Crippen LogP contribution in [0.4, 0.5) is 0 Å². The Bertz CT molecular complexity index is 1810. The van der Waals surface area contributed by atoms with Crippen molar-refractivity contribution in [2.75, 3.05) is 60.3 Å². The summed E-state index contributed by atoms with van der Waals surface area (Å²) in [6, 6.07) is 22.4. The average Bonchev–Trinajstić information content (AvgIpc) is 3.54. The standard InChI is InChI=1S/C39H48O16S2/c1-45-28-12-6-25(7-13-28)18-50-22-34-36(52-20-27-10-16-30(47-3)17-11-27)33(51-19-26-8-14-29(46-2)15-9-26)24-56(34)23-32-31(55-57(42,43)44)21-53-39(54-32)35(37(40)48-4)38(41)49-5/h6-17,31-36,39H,18-24H2,1-5H3/t31-,32+,33+,34+,36-,39?,56?/m0/s1. The monoisotopic (exact) mass is 836 g/mol. The van der Waals surface area contributed by atoms with Crippen LogP contribution in [-0.4, -0.2) is 121 Å². The van der Waals surface area contributed by atoms with E-state index in [0.717, 1.165) is 30.9 Å². The quantitative estimate of drug-likeness (QED) is 0.0530. The van der Waals surface area contributed by atoms with E-state index in [9.17, 15) is 22.6 Å². The van der Waals surface area contributed by atoms with Gasteiger partial charge in [-0.3, -0.25) is 13.8 Å². The Hall–Kier alpha value is -3.98. The van der Waals surface area contributed by atoms with Crippen LogP contribution in [0.15, 0.2) is 72.8 Å². The average molecular weight is 837 g/mol. The minimum absolute atomic E-state index is 0.0937. The van der Waals surface area contributed by atoms with Gasteiger partial charge in [0, 0.05) is 10.9 Å². The van der Waals surface area contributed by atoms with Gasteiger partial charge in [-0.25, -0.2) is 8.42 Å². The zero-order valence-electron chi connectivity index (χ0n) is 32.3. The van der Waals surface area contributed by atoms with Gasteiger partial charge in [-0.05, 0) is 53.1 Å². The second kappa shape index (κ2) is 21.1. The van der Waals surface area contributed by atoms with Crippen LogP contribution < -0.4 is 14.2 Å². The highest BCUT2D eigenvalue weighted by Crippen LogP contribution is 2.34. The van der Waals surface area contributed by atoms with Crippen molar-refractivity contribution in [1.82, 2.24) is 0 Å². The van der Waals surface area contributed by atoms with E-state index < -0.39 is 76.5 Å². The fourth-order valence-electron chi connectivity index (χ4n) is 6.39. The lowest BCUT2D eigenvalue weighted by Gasteiger charge is -2.37. The molecule has 18 heteroatoms. The number of hydrogen-bond acceptors (Lipinski definition) is 16. The molecule has 2 aliphatic rings. The van der Waals surface area contributed by atoms with Crippen LogP contribution in [0.2, 0.25) is 0 Å². The van der Waals surface area contributed by atoms with Gasteiger partial charge in [0.05, 0.1) is 68.6 Å². The summed E-state index contributed by atoms with van der Waals surface area (Å²) in [6.07, 6.45) is -5.13. The van der Waals surface area contributed by atoms with E-state index in [0.29, 0.717) is 23.0 Å². The van der Waals surface area contributed by atoms with Crippen molar-refractivity contribution in [3.63, 3.8) is 0 Å². The third-order valence-electron chi connectivity index (χ3n) is 9.42. The predicted molar refractivity (Wildman–Crippen MR) is 203 cm³/mol. The Kier molecular flexibility index (Phi) is 16.4. The molecular weight excluding hydrogens is 789 g/mol. The lowest BCUT2D eigenvalue weighted by molar-refractivity contribution is -0.261. The molecular formula is C39H48O16S2. The molecule has 312 valence electrons.